The topological polar surface area (TPSA) is 94.1 Å². The van der Waals surface area contributed by atoms with Crippen molar-refractivity contribution in [1.29, 1.82) is 0 Å². The summed E-state index contributed by atoms with van der Waals surface area (Å²) in [7, 11) is 0. The molecular formula is C19H14F5N5O3. The quantitative estimate of drug-likeness (QED) is 0.593. The largest absolute Gasteiger partial charge is 0.491 e. The molecule has 0 fully saturated rings. The first-order valence-electron chi connectivity index (χ1n) is 9.42. The van der Waals surface area contributed by atoms with Gasteiger partial charge in [0.15, 0.2) is 5.69 Å². The average Bonchev–Trinajstić information content (AvgIpc) is 3.41. The van der Waals surface area contributed by atoms with Gasteiger partial charge in [-0.2, -0.15) is 32.1 Å². The zero-order valence-electron chi connectivity index (χ0n) is 16.0. The number of hydrogen-bond donors (Lipinski definition) is 2. The van der Waals surface area contributed by atoms with Crippen molar-refractivity contribution >= 4 is 5.91 Å². The SMILES string of the molecule is O=C(N[C@H]1COc2ccc(C(F)(F)F)cc2C1)c1nn2c(c1-c1ccn[nH]1)OC(F)(F)C2. The van der Waals surface area contributed by atoms with Crippen molar-refractivity contribution < 1.29 is 36.2 Å². The summed E-state index contributed by atoms with van der Waals surface area (Å²) in [5.41, 5.74) is -0.463. The molecule has 0 saturated carbocycles. The Bertz CT molecular complexity index is 1190. The Hall–Kier alpha value is -3.64. The second-order valence-corrected chi connectivity index (χ2v) is 7.40. The van der Waals surface area contributed by atoms with Crippen LogP contribution in [0.4, 0.5) is 22.0 Å². The maximum Gasteiger partial charge on any atom is 0.419 e. The lowest BCUT2D eigenvalue weighted by Gasteiger charge is -2.26. The molecule has 3 aromatic rings. The summed E-state index contributed by atoms with van der Waals surface area (Å²) >= 11 is 0. The molecule has 4 heterocycles. The van der Waals surface area contributed by atoms with Gasteiger partial charge in [-0.3, -0.25) is 9.89 Å². The van der Waals surface area contributed by atoms with Crippen LogP contribution < -0.4 is 14.8 Å². The second kappa shape index (κ2) is 6.93. The van der Waals surface area contributed by atoms with Crippen molar-refractivity contribution in [3.8, 4) is 22.9 Å². The van der Waals surface area contributed by atoms with Gasteiger partial charge in [-0.1, -0.05) is 0 Å². The van der Waals surface area contributed by atoms with Crippen LogP contribution in [0, 0.1) is 0 Å². The minimum absolute atomic E-state index is 0.00802. The Morgan fingerprint density at radius 1 is 1.28 bits per heavy atom. The van der Waals surface area contributed by atoms with E-state index in [1.165, 1.54) is 18.3 Å². The Kier molecular flexibility index (Phi) is 4.39. The van der Waals surface area contributed by atoms with Gasteiger partial charge in [0.05, 0.1) is 22.9 Å². The zero-order chi connectivity index (χ0) is 22.7. The maximum atomic E-state index is 13.6. The minimum Gasteiger partial charge on any atom is -0.491 e. The summed E-state index contributed by atoms with van der Waals surface area (Å²) in [5, 5.41) is 13.0. The van der Waals surface area contributed by atoms with Crippen LogP contribution in [0.3, 0.4) is 0 Å². The predicted molar refractivity (Wildman–Crippen MR) is 97.3 cm³/mol. The standard InChI is InChI=1S/C19H14F5N5O3/c20-18(21)8-29-17(32-18)14(12-3-4-25-27-12)15(28-29)16(30)26-11-6-9-5-10(19(22,23)24)1-2-13(9)31-7-11/h1-5,11H,6-8H2,(H,25,27)(H,26,30)/t11-/m1/s1. The second-order valence-electron chi connectivity index (χ2n) is 7.40. The molecule has 0 saturated heterocycles. The van der Waals surface area contributed by atoms with Gasteiger partial charge in [0.2, 0.25) is 5.88 Å². The summed E-state index contributed by atoms with van der Waals surface area (Å²) < 4.78 is 77.3. The zero-order valence-corrected chi connectivity index (χ0v) is 16.0. The third kappa shape index (κ3) is 3.52. The van der Waals surface area contributed by atoms with E-state index >= 15 is 0 Å². The molecule has 2 aromatic heterocycles. The van der Waals surface area contributed by atoms with E-state index in [0.29, 0.717) is 11.3 Å². The Balaban J connectivity index is 1.40. The number of ether oxygens (including phenoxy) is 2. The molecule has 13 heteroatoms. The number of amides is 1. The number of aromatic nitrogens is 4. The number of carbonyl (C=O) groups excluding carboxylic acids is 1. The van der Waals surface area contributed by atoms with Crippen LogP contribution in [0.1, 0.15) is 21.6 Å². The molecule has 0 radical (unpaired) electrons. The molecular weight excluding hydrogens is 441 g/mol. The summed E-state index contributed by atoms with van der Waals surface area (Å²) in [5.74, 6) is -0.699. The maximum absolute atomic E-state index is 13.6. The number of hydrogen-bond acceptors (Lipinski definition) is 5. The van der Waals surface area contributed by atoms with Gasteiger partial charge >= 0.3 is 12.3 Å². The third-order valence-corrected chi connectivity index (χ3v) is 5.10. The number of fused-ring (bicyclic) bond motifs is 2. The first-order chi connectivity index (χ1) is 15.1. The molecule has 8 nitrogen and oxygen atoms in total. The molecule has 2 aliphatic heterocycles. The summed E-state index contributed by atoms with van der Waals surface area (Å²) in [6.07, 6.45) is -6.52. The predicted octanol–water partition coefficient (Wildman–Crippen LogP) is 3.01. The number of nitrogens with one attached hydrogen (secondary N) is 2. The number of halogens is 5. The van der Waals surface area contributed by atoms with Crippen LogP contribution in [0.2, 0.25) is 0 Å². The highest BCUT2D eigenvalue weighted by molar-refractivity contribution is 6.00. The van der Waals surface area contributed by atoms with Crippen LogP contribution in [-0.4, -0.2) is 44.6 Å². The molecule has 2 N–H and O–H groups in total. The number of rotatable bonds is 3. The highest BCUT2D eigenvalue weighted by atomic mass is 19.4. The summed E-state index contributed by atoms with van der Waals surface area (Å²) in [6.45, 7) is -0.845. The Labute approximate surface area is 176 Å². The van der Waals surface area contributed by atoms with E-state index in [1.807, 2.05) is 0 Å². The van der Waals surface area contributed by atoms with Crippen molar-refractivity contribution in [2.45, 2.75) is 31.3 Å². The van der Waals surface area contributed by atoms with E-state index in [9.17, 15) is 26.7 Å². The number of benzene rings is 1. The summed E-state index contributed by atoms with van der Waals surface area (Å²) in [4.78, 5) is 12.9. The van der Waals surface area contributed by atoms with Gasteiger partial charge in [-0.15, -0.1) is 0 Å². The van der Waals surface area contributed by atoms with Gasteiger partial charge in [0.25, 0.3) is 5.91 Å². The molecule has 1 atom stereocenters. The lowest BCUT2D eigenvalue weighted by molar-refractivity contribution is -0.162. The first-order valence-corrected chi connectivity index (χ1v) is 9.42. The number of carbonyl (C=O) groups is 1. The highest BCUT2D eigenvalue weighted by Crippen LogP contribution is 2.41. The van der Waals surface area contributed by atoms with Gasteiger partial charge < -0.3 is 14.8 Å². The average molecular weight is 455 g/mol. The van der Waals surface area contributed by atoms with E-state index in [-0.39, 0.29) is 35.9 Å². The van der Waals surface area contributed by atoms with E-state index in [1.54, 1.807) is 0 Å². The summed E-state index contributed by atoms with van der Waals surface area (Å²) in [6, 6.07) is 3.95. The molecule has 0 spiro atoms. The smallest absolute Gasteiger partial charge is 0.419 e. The van der Waals surface area contributed by atoms with Gasteiger partial charge in [-0.25, -0.2) is 4.68 Å². The van der Waals surface area contributed by atoms with Crippen LogP contribution in [0.5, 0.6) is 11.6 Å². The number of H-pyrrole nitrogens is 1. The Morgan fingerprint density at radius 3 is 2.81 bits per heavy atom. The van der Waals surface area contributed by atoms with Gasteiger partial charge in [0.1, 0.15) is 18.9 Å². The van der Waals surface area contributed by atoms with Crippen LogP contribution >= 0.6 is 0 Å². The van der Waals surface area contributed by atoms with E-state index in [4.69, 9.17) is 4.74 Å². The molecule has 1 aromatic carbocycles. The normalized spacial score (nSPS) is 19.0. The fourth-order valence-electron chi connectivity index (χ4n) is 3.72. The number of nitrogens with zero attached hydrogens (tertiary/aromatic N) is 3. The van der Waals surface area contributed by atoms with Gasteiger partial charge in [-0.05, 0) is 36.2 Å². The van der Waals surface area contributed by atoms with Crippen molar-refractivity contribution in [3.05, 3.63) is 47.3 Å². The lowest BCUT2D eigenvalue weighted by atomic mass is 9.99. The van der Waals surface area contributed by atoms with E-state index in [2.05, 4.69) is 25.3 Å². The molecule has 0 bridgehead atoms. The highest BCUT2D eigenvalue weighted by Gasteiger charge is 2.45. The molecule has 5 rings (SSSR count). The molecule has 168 valence electrons. The van der Waals surface area contributed by atoms with Crippen LogP contribution in [0.25, 0.3) is 11.3 Å². The molecule has 0 aliphatic carbocycles. The number of alkyl halides is 5. The van der Waals surface area contributed by atoms with Crippen molar-refractivity contribution in [3.63, 3.8) is 0 Å². The fraction of sp³-hybridized carbons (Fsp3) is 0.316. The first kappa shape index (κ1) is 20.3. The van der Waals surface area contributed by atoms with Crippen LogP contribution in [-0.2, 0) is 19.1 Å². The monoisotopic (exact) mass is 455 g/mol. The number of aromatic amines is 1. The minimum atomic E-state index is -4.51. The fourth-order valence-corrected chi connectivity index (χ4v) is 3.72. The molecule has 1 amide bonds. The lowest BCUT2D eigenvalue weighted by Crippen LogP contribution is -2.43. The van der Waals surface area contributed by atoms with Crippen molar-refractivity contribution in [2.24, 2.45) is 0 Å². The van der Waals surface area contributed by atoms with Crippen molar-refractivity contribution in [1.82, 2.24) is 25.3 Å². The Morgan fingerprint density at radius 2 is 2.09 bits per heavy atom. The molecule has 32 heavy (non-hydrogen) atoms. The van der Waals surface area contributed by atoms with Crippen LogP contribution in [0.15, 0.2) is 30.5 Å². The third-order valence-electron chi connectivity index (χ3n) is 5.10. The molecule has 2 aliphatic rings. The van der Waals surface area contributed by atoms with Crippen molar-refractivity contribution in [2.75, 3.05) is 6.61 Å². The van der Waals surface area contributed by atoms with Gasteiger partial charge in [0, 0.05) is 6.20 Å². The molecule has 0 unspecified atom stereocenters. The van der Waals surface area contributed by atoms with E-state index in [0.717, 1.165) is 16.8 Å². The van der Waals surface area contributed by atoms with E-state index < -0.39 is 36.3 Å².